The number of amides is 1. The minimum atomic E-state index is -0.496. The Labute approximate surface area is 210 Å². The first-order chi connectivity index (χ1) is 16.2. The summed E-state index contributed by atoms with van der Waals surface area (Å²) in [5.74, 6) is 0.120. The Morgan fingerprint density at radius 3 is 2.68 bits per heavy atom. The molecule has 4 rings (SSSR count). The van der Waals surface area contributed by atoms with Gasteiger partial charge in [0.25, 0.3) is 5.69 Å². The molecule has 2 aromatic carbocycles. The molecular weight excluding hydrogens is 572 g/mol. The molecule has 9 nitrogen and oxygen atoms in total. The Kier molecular flexibility index (Phi) is 6.58. The number of aryl methyl sites for hydroxylation is 1. The van der Waals surface area contributed by atoms with E-state index in [1.807, 2.05) is 36.6 Å². The molecule has 2 heterocycles. The summed E-state index contributed by atoms with van der Waals surface area (Å²) in [6.07, 6.45) is 1.51. The first-order valence-corrected chi connectivity index (χ1v) is 11.5. The van der Waals surface area contributed by atoms with Crippen LogP contribution in [-0.2, 0) is 0 Å². The maximum Gasteiger partial charge on any atom is 0.307 e. The molecule has 0 bridgehead atoms. The van der Waals surface area contributed by atoms with Crippen molar-refractivity contribution in [2.45, 2.75) is 13.8 Å². The van der Waals surface area contributed by atoms with Crippen LogP contribution in [0.2, 0.25) is 0 Å². The normalized spacial score (nSPS) is 11.3. The summed E-state index contributed by atoms with van der Waals surface area (Å²) in [7, 11) is 1.51. The van der Waals surface area contributed by atoms with Crippen LogP contribution in [0.3, 0.4) is 0 Å². The second kappa shape index (κ2) is 9.43. The van der Waals surface area contributed by atoms with Gasteiger partial charge in [-0.1, -0.05) is 15.9 Å². The minimum Gasteiger partial charge on any atom is -0.495 e. The molecule has 0 aliphatic heterocycles. The van der Waals surface area contributed by atoms with Crippen molar-refractivity contribution in [1.82, 2.24) is 9.99 Å². The lowest BCUT2D eigenvalue weighted by molar-refractivity contribution is -0.384. The molecule has 4 aromatic rings. The Balaban J connectivity index is 1.59. The third-order valence-corrected chi connectivity index (χ3v) is 6.26. The highest BCUT2D eigenvalue weighted by Gasteiger charge is 2.18. The third-order valence-electron chi connectivity index (χ3n) is 5.21. The first kappa shape index (κ1) is 23.7. The average Bonchev–Trinajstić information content (AvgIpc) is 3.34. The maximum atomic E-state index is 12.5. The van der Waals surface area contributed by atoms with E-state index in [1.54, 1.807) is 12.1 Å². The second-order valence-electron chi connectivity index (χ2n) is 7.39. The first-order valence-electron chi connectivity index (χ1n) is 9.93. The Morgan fingerprint density at radius 2 is 1.97 bits per heavy atom. The van der Waals surface area contributed by atoms with Crippen LogP contribution in [0, 0.1) is 24.0 Å². The number of nitrogens with zero attached hydrogens (tertiary/aromatic N) is 3. The van der Waals surface area contributed by atoms with Crippen LogP contribution in [0.25, 0.3) is 16.7 Å². The van der Waals surface area contributed by atoms with Gasteiger partial charge in [0.15, 0.2) is 5.76 Å². The number of hydrogen-bond acceptors (Lipinski definition) is 6. The summed E-state index contributed by atoms with van der Waals surface area (Å²) in [5.41, 5.74) is 5.83. The Morgan fingerprint density at radius 1 is 1.21 bits per heavy atom. The van der Waals surface area contributed by atoms with Crippen molar-refractivity contribution in [2.75, 3.05) is 7.11 Å². The lowest BCUT2D eigenvalue weighted by atomic mass is 10.2. The molecule has 0 unspecified atom stereocenters. The third kappa shape index (κ3) is 4.48. The molecule has 174 valence electrons. The van der Waals surface area contributed by atoms with Gasteiger partial charge in [0.2, 0.25) is 0 Å². The number of methoxy groups -OCH3 is 1. The van der Waals surface area contributed by atoms with Crippen molar-refractivity contribution in [3.8, 4) is 11.4 Å². The average molecular weight is 590 g/mol. The fourth-order valence-electron chi connectivity index (χ4n) is 3.66. The van der Waals surface area contributed by atoms with Gasteiger partial charge in [0, 0.05) is 38.9 Å². The van der Waals surface area contributed by atoms with Crippen molar-refractivity contribution >= 4 is 60.6 Å². The van der Waals surface area contributed by atoms with Crippen LogP contribution in [0.4, 0.5) is 5.69 Å². The van der Waals surface area contributed by atoms with E-state index in [-0.39, 0.29) is 11.4 Å². The van der Waals surface area contributed by atoms with Crippen LogP contribution in [-0.4, -0.2) is 28.7 Å². The fraction of sp³-hybridized carbons (Fsp3) is 0.130. The molecule has 0 fully saturated rings. The number of ether oxygens (including phenoxy) is 1. The van der Waals surface area contributed by atoms with E-state index in [9.17, 15) is 14.9 Å². The van der Waals surface area contributed by atoms with Gasteiger partial charge in [0.1, 0.15) is 11.3 Å². The Hall–Kier alpha value is -3.44. The number of furan rings is 1. The van der Waals surface area contributed by atoms with E-state index in [0.29, 0.717) is 17.0 Å². The molecule has 0 saturated heterocycles. The number of non-ortho nitro benzene ring substituents is 1. The van der Waals surface area contributed by atoms with Gasteiger partial charge in [-0.3, -0.25) is 14.9 Å². The molecule has 11 heteroatoms. The SMILES string of the molecule is COc1ccc([N+](=O)[O-])cc1-n1c(C)cc(/C=N\NC(=O)c2cc3cc(Br)cc(Br)c3o2)c1C. The summed E-state index contributed by atoms with van der Waals surface area (Å²) in [4.78, 5) is 23.3. The Bertz CT molecular complexity index is 1470. The lowest BCUT2D eigenvalue weighted by Gasteiger charge is -2.13. The number of nitro groups is 1. The summed E-state index contributed by atoms with van der Waals surface area (Å²) >= 11 is 6.83. The summed E-state index contributed by atoms with van der Waals surface area (Å²) in [6.45, 7) is 3.72. The number of rotatable bonds is 6. The van der Waals surface area contributed by atoms with E-state index < -0.39 is 10.8 Å². The van der Waals surface area contributed by atoms with E-state index in [2.05, 4.69) is 42.4 Å². The number of aromatic nitrogens is 1. The van der Waals surface area contributed by atoms with Crippen molar-refractivity contribution < 1.29 is 18.9 Å². The van der Waals surface area contributed by atoms with Crippen LogP contribution in [0.5, 0.6) is 5.75 Å². The standard InChI is InChI=1S/C23H18Br2N4O5/c1-12-6-15(13(2)28(12)19-10-17(29(31)32)4-5-20(19)33-3)11-26-27-23(30)21-8-14-7-16(24)9-18(25)22(14)34-21/h4-11H,1-3H3,(H,27,30)/b26-11-. The largest absolute Gasteiger partial charge is 0.495 e. The number of nitro benzene ring substituents is 1. The molecule has 34 heavy (non-hydrogen) atoms. The van der Waals surface area contributed by atoms with E-state index in [1.165, 1.54) is 25.5 Å². The molecule has 1 amide bonds. The van der Waals surface area contributed by atoms with E-state index in [4.69, 9.17) is 9.15 Å². The lowest BCUT2D eigenvalue weighted by Crippen LogP contribution is -2.16. The molecule has 1 N–H and O–H groups in total. The highest BCUT2D eigenvalue weighted by molar-refractivity contribution is 9.11. The topological polar surface area (TPSA) is 112 Å². The second-order valence-corrected chi connectivity index (χ2v) is 9.16. The van der Waals surface area contributed by atoms with Crippen LogP contribution >= 0.6 is 31.9 Å². The van der Waals surface area contributed by atoms with Crippen molar-refractivity contribution in [3.05, 3.63) is 84.2 Å². The number of fused-ring (bicyclic) bond motifs is 1. The van der Waals surface area contributed by atoms with E-state index in [0.717, 1.165) is 31.3 Å². The molecule has 0 aliphatic carbocycles. The number of carbonyl (C=O) groups is 1. The van der Waals surface area contributed by atoms with E-state index >= 15 is 0 Å². The van der Waals surface area contributed by atoms with Crippen molar-refractivity contribution in [1.29, 1.82) is 0 Å². The molecule has 0 aliphatic rings. The van der Waals surface area contributed by atoms with Crippen LogP contribution in [0.1, 0.15) is 27.5 Å². The van der Waals surface area contributed by atoms with Gasteiger partial charge in [-0.15, -0.1) is 0 Å². The molecule has 0 radical (unpaired) electrons. The zero-order valence-electron chi connectivity index (χ0n) is 18.3. The number of nitrogens with one attached hydrogen (secondary N) is 1. The summed E-state index contributed by atoms with van der Waals surface area (Å²) < 4.78 is 14.5. The van der Waals surface area contributed by atoms with Crippen molar-refractivity contribution in [2.24, 2.45) is 5.10 Å². The predicted octanol–water partition coefficient (Wildman–Crippen LogP) is 6.05. The molecule has 0 spiro atoms. The predicted molar refractivity (Wildman–Crippen MR) is 135 cm³/mol. The van der Waals surface area contributed by atoms with Gasteiger partial charge in [-0.05, 0) is 60.1 Å². The fourth-order valence-corrected chi connectivity index (χ4v) is 5.00. The van der Waals surface area contributed by atoms with Gasteiger partial charge in [0.05, 0.1) is 28.4 Å². The van der Waals surface area contributed by atoms with Gasteiger partial charge >= 0.3 is 5.91 Å². The summed E-state index contributed by atoms with van der Waals surface area (Å²) in [6, 6.07) is 11.6. The van der Waals surface area contributed by atoms with Crippen LogP contribution in [0.15, 0.2) is 60.9 Å². The molecule has 0 saturated carbocycles. The van der Waals surface area contributed by atoms with Gasteiger partial charge in [-0.25, -0.2) is 5.43 Å². The highest BCUT2D eigenvalue weighted by Crippen LogP contribution is 2.32. The van der Waals surface area contributed by atoms with Gasteiger partial charge in [-0.2, -0.15) is 5.10 Å². The smallest absolute Gasteiger partial charge is 0.307 e. The van der Waals surface area contributed by atoms with Crippen LogP contribution < -0.4 is 10.2 Å². The molecule has 2 aromatic heterocycles. The number of hydrogen-bond donors (Lipinski definition) is 1. The monoisotopic (exact) mass is 588 g/mol. The number of carbonyl (C=O) groups excluding carboxylic acids is 1. The molecular formula is C23H18Br2N4O5. The van der Waals surface area contributed by atoms with Crippen molar-refractivity contribution in [3.63, 3.8) is 0 Å². The number of hydrazone groups is 1. The number of benzene rings is 2. The van der Waals surface area contributed by atoms with Gasteiger partial charge < -0.3 is 13.7 Å². The summed E-state index contributed by atoms with van der Waals surface area (Å²) in [5, 5.41) is 16.1. The maximum absolute atomic E-state index is 12.5. The quantitative estimate of drug-likeness (QED) is 0.167. The highest BCUT2D eigenvalue weighted by atomic mass is 79.9. The molecule has 0 atom stereocenters. The zero-order chi connectivity index (χ0) is 24.6. The zero-order valence-corrected chi connectivity index (χ0v) is 21.4. The number of halogens is 2. The minimum absolute atomic E-state index is 0.0460.